The average molecular weight is 202 g/mol. The van der Waals surface area contributed by atoms with Crippen molar-refractivity contribution in [1.29, 1.82) is 0 Å². The van der Waals surface area contributed by atoms with Crippen LogP contribution in [0.25, 0.3) is 10.9 Å². The number of rotatable bonds is 4. The van der Waals surface area contributed by atoms with E-state index in [1.807, 2.05) is 0 Å². The zero-order valence-corrected chi connectivity index (χ0v) is 9.38. The molecule has 0 aliphatic carbocycles. The molecule has 0 radical (unpaired) electrons. The smallest absolute Gasteiger partial charge is 0.0456 e. The fourth-order valence-corrected chi connectivity index (χ4v) is 1.72. The predicted octanol–water partition coefficient (Wildman–Crippen LogP) is 2.91. The molecule has 0 saturated carbocycles. The van der Waals surface area contributed by atoms with Crippen molar-refractivity contribution in [2.75, 3.05) is 6.54 Å². The highest BCUT2D eigenvalue weighted by molar-refractivity contribution is 5.80. The molecule has 0 aliphatic rings. The van der Waals surface area contributed by atoms with Gasteiger partial charge in [0.1, 0.15) is 0 Å². The summed E-state index contributed by atoms with van der Waals surface area (Å²) in [5, 5.41) is 4.72. The monoisotopic (exact) mass is 202 g/mol. The molecule has 0 fully saturated rings. The molecule has 2 rings (SSSR count). The van der Waals surface area contributed by atoms with Gasteiger partial charge in [-0.05, 0) is 30.0 Å². The normalized spacial score (nSPS) is 11.4. The van der Waals surface area contributed by atoms with Crippen LogP contribution in [0.3, 0.4) is 0 Å². The fourth-order valence-electron chi connectivity index (χ4n) is 1.72. The van der Waals surface area contributed by atoms with E-state index >= 15 is 0 Å². The van der Waals surface area contributed by atoms with Crippen LogP contribution in [0.5, 0.6) is 0 Å². The minimum atomic E-state index is 0.703. The van der Waals surface area contributed by atoms with Crippen LogP contribution in [0.2, 0.25) is 0 Å². The Morgan fingerprint density at radius 3 is 2.80 bits per heavy atom. The summed E-state index contributed by atoms with van der Waals surface area (Å²) in [7, 11) is 0. The molecule has 0 bridgehead atoms. The zero-order valence-electron chi connectivity index (χ0n) is 9.38. The maximum Gasteiger partial charge on any atom is 0.0456 e. The topological polar surface area (TPSA) is 27.8 Å². The van der Waals surface area contributed by atoms with E-state index < -0.39 is 0 Å². The van der Waals surface area contributed by atoms with Crippen LogP contribution in [0, 0.1) is 5.92 Å². The maximum absolute atomic E-state index is 3.43. The van der Waals surface area contributed by atoms with E-state index in [0.717, 1.165) is 13.1 Å². The molecular weight excluding hydrogens is 184 g/mol. The molecule has 2 aromatic rings. The molecule has 1 heterocycles. The van der Waals surface area contributed by atoms with Crippen LogP contribution < -0.4 is 5.32 Å². The van der Waals surface area contributed by atoms with Gasteiger partial charge in [-0.25, -0.2) is 0 Å². The quantitative estimate of drug-likeness (QED) is 0.784. The molecule has 0 saturated heterocycles. The summed E-state index contributed by atoms with van der Waals surface area (Å²) in [5.41, 5.74) is 2.48. The Morgan fingerprint density at radius 1 is 1.27 bits per heavy atom. The number of hydrogen-bond donors (Lipinski definition) is 2. The van der Waals surface area contributed by atoms with Crippen LogP contribution in [-0.4, -0.2) is 11.5 Å². The van der Waals surface area contributed by atoms with Crippen LogP contribution in [0.1, 0.15) is 19.5 Å². The number of para-hydroxylation sites is 1. The van der Waals surface area contributed by atoms with E-state index in [1.165, 1.54) is 16.6 Å². The van der Waals surface area contributed by atoms with Gasteiger partial charge in [0.25, 0.3) is 0 Å². The summed E-state index contributed by atoms with van der Waals surface area (Å²) in [6, 6.07) is 10.6. The number of nitrogens with one attached hydrogen (secondary N) is 2. The third-order valence-electron chi connectivity index (χ3n) is 2.45. The van der Waals surface area contributed by atoms with Crippen molar-refractivity contribution in [3.63, 3.8) is 0 Å². The van der Waals surface area contributed by atoms with Crippen molar-refractivity contribution in [2.24, 2.45) is 5.92 Å². The third-order valence-corrected chi connectivity index (χ3v) is 2.45. The number of fused-ring (bicyclic) bond motifs is 1. The summed E-state index contributed by atoms with van der Waals surface area (Å²) in [5.74, 6) is 0.703. The molecule has 1 aromatic carbocycles. The molecule has 2 nitrogen and oxygen atoms in total. The second-order valence-corrected chi connectivity index (χ2v) is 4.41. The Balaban J connectivity index is 2.03. The van der Waals surface area contributed by atoms with E-state index in [0.29, 0.717) is 5.92 Å². The standard InChI is InChI=1S/C13H18N2/c1-10(2)8-14-9-12-7-11-5-3-4-6-13(11)15-12/h3-7,10,14-15H,8-9H2,1-2H3. The predicted molar refractivity (Wildman–Crippen MR) is 64.8 cm³/mol. The molecule has 1 aromatic heterocycles. The van der Waals surface area contributed by atoms with E-state index in [2.05, 4.69) is 54.5 Å². The van der Waals surface area contributed by atoms with Gasteiger partial charge in [-0.1, -0.05) is 32.0 Å². The van der Waals surface area contributed by atoms with Gasteiger partial charge in [-0.15, -0.1) is 0 Å². The molecule has 2 heteroatoms. The highest BCUT2D eigenvalue weighted by Gasteiger charge is 1.99. The summed E-state index contributed by atoms with van der Waals surface area (Å²) in [6.07, 6.45) is 0. The molecule has 0 atom stereocenters. The number of benzene rings is 1. The van der Waals surface area contributed by atoms with Gasteiger partial charge in [0.2, 0.25) is 0 Å². The van der Waals surface area contributed by atoms with Crippen molar-refractivity contribution in [3.05, 3.63) is 36.0 Å². The molecular formula is C13H18N2. The van der Waals surface area contributed by atoms with Crippen LogP contribution in [0.4, 0.5) is 0 Å². The lowest BCUT2D eigenvalue weighted by molar-refractivity contribution is 0.549. The Hall–Kier alpha value is -1.28. The van der Waals surface area contributed by atoms with Crippen molar-refractivity contribution in [2.45, 2.75) is 20.4 Å². The summed E-state index contributed by atoms with van der Waals surface area (Å²) in [6.45, 7) is 6.43. The fraction of sp³-hybridized carbons (Fsp3) is 0.385. The summed E-state index contributed by atoms with van der Waals surface area (Å²) in [4.78, 5) is 3.41. The highest BCUT2D eigenvalue weighted by Crippen LogP contribution is 2.14. The van der Waals surface area contributed by atoms with E-state index in [1.54, 1.807) is 0 Å². The largest absolute Gasteiger partial charge is 0.357 e. The minimum Gasteiger partial charge on any atom is -0.357 e. The second-order valence-electron chi connectivity index (χ2n) is 4.41. The first-order valence-corrected chi connectivity index (χ1v) is 5.53. The summed E-state index contributed by atoms with van der Waals surface area (Å²) < 4.78 is 0. The SMILES string of the molecule is CC(C)CNCc1cc2ccccc2[nH]1. The molecule has 0 spiro atoms. The number of hydrogen-bond acceptors (Lipinski definition) is 1. The first-order chi connectivity index (χ1) is 7.25. The summed E-state index contributed by atoms with van der Waals surface area (Å²) >= 11 is 0. The van der Waals surface area contributed by atoms with Crippen LogP contribution >= 0.6 is 0 Å². The van der Waals surface area contributed by atoms with Gasteiger partial charge >= 0.3 is 0 Å². The lowest BCUT2D eigenvalue weighted by atomic mass is 10.2. The van der Waals surface area contributed by atoms with Crippen LogP contribution in [-0.2, 0) is 6.54 Å². The highest BCUT2D eigenvalue weighted by atomic mass is 14.9. The Labute approximate surface area is 90.7 Å². The zero-order chi connectivity index (χ0) is 10.7. The van der Waals surface area contributed by atoms with Gasteiger partial charge in [0.15, 0.2) is 0 Å². The van der Waals surface area contributed by atoms with E-state index in [-0.39, 0.29) is 0 Å². The molecule has 0 aliphatic heterocycles. The average Bonchev–Trinajstić information content (AvgIpc) is 2.59. The maximum atomic E-state index is 3.43. The minimum absolute atomic E-state index is 0.703. The molecule has 80 valence electrons. The third kappa shape index (κ3) is 2.60. The first kappa shape index (κ1) is 10.2. The first-order valence-electron chi connectivity index (χ1n) is 5.53. The molecule has 0 amide bonds. The van der Waals surface area contributed by atoms with Gasteiger partial charge in [0, 0.05) is 17.8 Å². The van der Waals surface area contributed by atoms with Gasteiger partial charge < -0.3 is 10.3 Å². The Morgan fingerprint density at radius 2 is 2.07 bits per heavy atom. The number of aromatic amines is 1. The van der Waals surface area contributed by atoms with Gasteiger partial charge in [-0.3, -0.25) is 0 Å². The van der Waals surface area contributed by atoms with Gasteiger partial charge in [0.05, 0.1) is 0 Å². The number of H-pyrrole nitrogens is 1. The van der Waals surface area contributed by atoms with E-state index in [9.17, 15) is 0 Å². The van der Waals surface area contributed by atoms with Crippen molar-refractivity contribution in [1.82, 2.24) is 10.3 Å². The molecule has 2 N–H and O–H groups in total. The lowest BCUT2D eigenvalue weighted by Gasteiger charge is -2.05. The Kier molecular flexibility index (Phi) is 3.07. The molecule has 15 heavy (non-hydrogen) atoms. The Bertz CT molecular complexity index is 396. The van der Waals surface area contributed by atoms with Crippen molar-refractivity contribution < 1.29 is 0 Å². The van der Waals surface area contributed by atoms with Crippen molar-refractivity contribution in [3.8, 4) is 0 Å². The van der Waals surface area contributed by atoms with E-state index in [4.69, 9.17) is 0 Å². The van der Waals surface area contributed by atoms with Gasteiger partial charge in [-0.2, -0.15) is 0 Å². The second kappa shape index (κ2) is 4.49. The molecule has 0 unspecified atom stereocenters. The number of aromatic nitrogens is 1. The van der Waals surface area contributed by atoms with Crippen LogP contribution in [0.15, 0.2) is 30.3 Å². The van der Waals surface area contributed by atoms with Crippen molar-refractivity contribution >= 4 is 10.9 Å². The lowest BCUT2D eigenvalue weighted by Crippen LogP contribution is -2.18.